The molecule has 6 nitrogen and oxygen atoms in total. The first-order valence-electron chi connectivity index (χ1n) is 8.35. The molecule has 0 aliphatic carbocycles. The van der Waals surface area contributed by atoms with Gasteiger partial charge in [-0.1, -0.05) is 30.3 Å². The average Bonchev–Trinajstić information content (AvgIpc) is 2.63. The molecule has 0 amide bonds. The van der Waals surface area contributed by atoms with E-state index in [9.17, 15) is 9.59 Å². The zero-order valence-corrected chi connectivity index (χ0v) is 14.8. The Balaban J connectivity index is 1.55. The maximum Gasteiger partial charge on any atom is 0.326 e. The molecule has 3 aromatic rings. The van der Waals surface area contributed by atoms with Crippen molar-refractivity contribution in [2.45, 2.75) is 20.4 Å². The zero-order valence-electron chi connectivity index (χ0n) is 14.8. The normalized spacial score (nSPS) is 10.7. The van der Waals surface area contributed by atoms with Gasteiger partial charge < -0.3 is 9.47 Å². The third-order valence-electron chi connectivity index (χ3n) is 4.03. The molecule has 26 heavy (non-hydrogen) atoms. The fraction of sp³-hybridized carbons (Fsp3) is 0.250. The second-order valence-corrected chi connectivity index (χ2v) is 5.98. The van der Waals surface area contributed by atoms with E-state index in [0.717, 1.165) is 16.9 Å². The number of para-hydroxylation sites is 2. The van der Waals surface area contributed by atoms with Gasteiger partial charge >= 0.3 is 5.97 Å². The molecule has 0 N–H and O–H groups in total. The van der Waals surface area contributed by atoms with Crippen molar-refractivity contribution in [1.29, 1.82) is 0 Å². The Morgan fingerprint density at radius 1 is 1.04 bits per heavy atom. The molecule has 0 saturated carbocycles. The molecule has 6 heteroatoms. The summed E-state index contributed by atoms with van der Waals surface area (Å²) in [5, 5.41) is 0.473. The highest BCUT2D eigenvalue weighted by atomic mass is 16.6. The van der Waals surface area contributed by atoms with Crippen LogP contribution in [0.25, 0.3) is 10.9 Å². The SMILES string of the molecule is Cc1cccc(C)c1OCCOC(=O)Cn1cnc2ccccc2c1=O. The van der Waals surface area contributed by atoms with Gasteiger partial charge in [-0.05, 0) is 37.1 Å². The lowest BCUT2D eigenvalue weighted by Crippen LogP contribution is -2.26. The summed E-state index contributed by atoms with van der Waals surface area (Å²) in [5.74, 6) is 0.299. The van der Waals surface area contributed by atoms with Crippen molar-refractivity contribution in [3.05, 3.63) is 70.3 Å². The summed E-state index contributed by atoms with van der Waals surface area (Å²) in [7, 11) is 0. The van der Waals surface area contributed by atoms with Crippen LogP contribution in [0.3, 0.4) is 0 Å². The van der Waals surface area contributed by atoms with E-state index in [1.165, 1.54) is 10.9 Å². The van der Waals surface area contributed by atoms with Crippen LogP contribution in [0, 0.1) is 13.8 Å². The lowest BCUT2D eigenvalue weighted by molar-refractivity contribution is -0.145. The van der Waals surface area contributed by atoms with E-state index < -0.39 is 5.97 Å². The molecule has 1 heterocycles. The number of hydrogen-bond donors (Lipinski definition) is 0. The molecule has 3 rings (SSSR count). The van der Waals surface area contributed by atoms with Crippen molar-refractivity contribution in [3.8, 4) is 5.75 Å². The van der Waals surface area contributed by atoms with Gasteiger partial charge in [0.05, 0.1) is 17.2 Å². The van der Waals surface area contributed by atoms with Crippen LogP contribution in [0.5, 0.6) is 5.75 Å². The van der Waals surface area contributed by atoms with Gasteiger partial charge in [0.15, 0.2) is 0 Å². The maximum absolute atomic E-state index is 12.3. The van der Waals surface area contributed by atoms with E-state index in [0.29, 0.717) is 10.9 Å². The van der Waals surface area contributed by atoms with E-state index >= 15 is 0 Å². The molecule has 0 saturated heterocycles. The molecule has 134 valence electrons. The minimum Gasteiger partial charge on any atom is -0.489 e. The number of nitrogens with zero attached hydrogens (tertiary/aromatic N) is 2. The van der Waals surface area contributed by atoms with Crippen LogP contribution in [-0.4, -0.2) is 28.7 Å². The molecule has 0 aliphatic heterocycles. The first-order chi connectivity index (χ1) is 12.6. The molecule has 0 unspecified atom stereocenters. The van der Waals surface area contributed by atoms with Crippen LogP contribution in [0.15, 0.2) is 53.6 Å². The molecule has 0 fully saturated rings. The Morgan fingerprint density at radius 2 is 1.77 bits per heavy atom. The first kappa shape index (κ1) is 17.7. The highest BCUT2D eigenvalue weighted by Gasteiger charge is 2.09. The van der Waals surface area contributed by atoms with Crippen LogP contribution in [-0.2, 0) is 16.1 Å². The average molecular weight is 352 g/mol. The molecule has 1 aromatic heterocycles. The second-order valence-electron chi connectivity index (χ2n) is 5.98. The summed E-state index contributed by atoms with van der Waals surface area (Å²) in [6, 6.07) is 12.9. The Kier molecular flexibility index (Phi) is 5.31. The van der Waals surface area contributed by atoms with Crippen LogP contribution < -0.4 is 10.3 Å². The van der Waals surface area contributed by atoms with Crippen molar-refractivity contribution >= 4 is 16.9 Å². The van der Waals surface area contributed by atoms with Gasteiger partial charge in [-0.25, -0.2) is 4.98 Å². The monoisotopic (exact) mass is 352 g/mol. The number of fused-ring (bicyclic) bond motifs is 1. The molecule has 0 bridgehead atoms. The summed E-state index contributed by atoms with van der Waals surface area (Å²) in [5.41, 5.74) is 2.40. The van der Waals surface area contributed by atoms with E-state index in [2.05, 4.69) is 4.98 Å². The van der Waals surface area contributed by atoms with E-state index in [1.807, 2.05) is 38.1 Å². The Morgan fingerprint density at radius 3 is 2.54 bits per heavy atom. The third kappa shape index (κ3) is 3.91. The lowest BCUT2D eigenvalue weighted by Gasteiger charge is -2.12. The van der Waals surface area contributed by atoms with Gasteiger partial charge in [0.1, 0.15) is 25.5 Å². The molecule has 0 aliphatic rings. The summed E-state index contributed by atoms with van der Waals surface area (Å²) in [4.78, 5) is 28.5. The topological polar surface area (TPSA) is 70.4 Å². The summed E-state index contributed by atoms with van der Waals surface area (Å²) in [6.07, 6.45) is 1.36. The van der Waals surface area contributed by atoms with Crippen molar-refractivity contribution in [1.82, 2.24) is 9.55 Å². The van der Waals surface area contributed by atoms with Crippen molar-refractivity contribution in [3.63, 3.8) is 0 Å². The van der Waals surface area contributed by atoms with Gasteiger partial charge in [-0.2, -0.15) is 0 Å². The largest absolute Gasteiger partial charge is 0.489 e. The molecule has 2 aromatic carbocycles. The van der Waals surface area contributed by atoms with Crippen molar-refractivity contribution in [2.24, 2.45) is 0 Å². The smallest absolute Gasteiger partial charge is 0.326 e. The fourth-order valence-corrected chi connectivity index (χ4v) is 2.73. The van der Waals surface area contributed by atoms with Crippen molar-refractivity contribution < 1.29 is 14.3 Å². The number of esters is 1. The summed E-state index contributed by atoms with van der Waals surface area (Å²) in [6.45, 7) is 4.12. The fourth-order valence-electron chi connectivity index (χ4n) is 2.73. The number of aromatic nitrogens is 2. The summed E-state index contributed by atoms with van der Waals surface area (Å²) < 4.78 is 12.1. The number of carbonyl (C=O) groups is 1. The van der Waals surface area contributed by atoms with E-state index in [-0.39, 0.29) is 25.3 Å². The van der Waals surface area contributed by atoms with Crippen LogP contribution in [0.1, 0.15) is 11.1 Å². The van der Waals surface area contributed by atoms with Crippen LogP contribution >= 0.6 is 0 Å². The first-order valence-corrected chi connectivity index (χ1v) is 8.35. The minimum atomic E-state index is -0.505. The van der Waals surface area contributed by atoms with E-state index in [1.54, 1.807) is 18.2 Å². The maximum atomic E-state index is 12.3. The standard InChI is InChI=1S/C20H20N2O4/c1-14-6-5-7-15(2)19(14)26-11-10-25-18(23)12-22-13-21-17-9-4-3-8-16(17)20(22)24/h3-9,13H,10-12H2,1-2H3. The highest BCUT2D eigenvalue weighted by Crippen LogP contribution is 2.21. The zero-order chi connectivity index (χ0) is 18.5. The predicted octanol–water partition coefficient (Wildman–Crippen LogP) is 2.64. The lowest BCUT2D eigenvalue weighted by atomic mass is 10.1. The van der Waals surface area contributed by atoms with E-state index in [4.69, 9.17) is 9.47 Å². The number of rotatable bonds is 6. The number of carbonyl (C=O) groups excluding carboxylic acids is 1. The van der Waals surface area contributed by atoms with Gasteiger partial charge in [0.25, 0.3) is 5.56 Å². The minimum absolute atomic E-state index is 0.113. The molecule has 0 atom stereocenters. The summed E-state index contributed by atoms with van der Waals surface area (Å²) >= 11 is 0. The predicted molar refractivity (Wildman–Crippen MR) is 98.4 cm³/mol. The third-order valence-corrected chi connectivity index (χ3v) is 4.03. The number of hydrogen-bond acceptors (Lipinski definition) is 5. The Hall–Kier alpha value is -3.15. The van der Waals surface area contributed by atoms with Crippen LogP contribution in [0.4, 0.5) is 0 Å². The number of benzene rings is 2. The molecule has 0 radical (unpaired) electrons. The molecular weight excluding hydrogens is 332 g/mol. The molecular formula is C20H20N2O4. The highest BCUT2D eigenvalue weighted by molar-refractivity contribution is 5.77. The quantitative estimate of drug-likeness (QED) is 0.504. The molecule has 0 spiro atoms. The van der Waals surface area contributed by atoms with Gasteiger partial charge in [0.2, 0.25) is 0 Å². The number of aryl methyl sites for hydroxylation is 2. The van der Waals surface area contributed by atoms with Crippen LogP contribution in [0.2, 0.25) is 0 Å². The van der Waals surface area contributed by atoms with Crippen molar-refractivity contribution in [2.75, 3.05) is 13.2 Å². The van der Waals surface area contributed by atoms with Gasteiger partial charge in [-0.15, -0.1) is 0 Å². The second kappa shape index (κ2) is 7.82. The van der Waals surface area contributed by atoms with Gasteiger partial charge in [-0.3, -0.25) is 14.2 Å². The Labute approximate surface area is 151 Å². The number of ether oxygens (including phenoxy) is 2. The van der Waals surface area contributed by atoms with Gasteiger partial charge in [0, 0.05) is 0 Å². The Bertz CT molecular complexity index is 974.